The van der Waals surface area contributed by atoms with Gasteiger partial charge in [-0.25, -0.2) is 4.67 Å². The molecule has 0 aliphatic heterocycles. The van der Waals surface area contributed by atoms with Gasteiger partial charge in [-0.15, -0.1) is 23.4 Å². The van der Waals surface area contributed by atoms with Crippen LogP contribution in [0.5, 0.6) is 0 Å². The number of nitrogens with zero attached hydrogens (tertiary/aromatic N) is 1. The van der Waals surface area contributed by atoms with Crippen LogP contribution >= 0.6 is 31.0 Å². The van der Waals surface area contributed by atoms with E-state index in [9.17, 15) is 9.36 Å². The summed E-state index contributed by atoms with van der Waals surface area (Å²) in [5.41, 5.74) is 11.1. The van der Waals surface area contributed by atoms with Crippen LogP contribution in [0.1, 0.15) is 0 Å². The molecule has 0 aliphatic carbocycles. The van der Waals surface area contributed by atoms with Crippen LogP contribution in [0.3, 0.4) is 0 Å². The van der Waals surface area contributed by atoms with Crippen molar-refractivity contribution in [2.75, 3.05) is 16.8 Å². The van der Waals surface area contributed by atoms with E-state index in [1.807, 2.05) is 12.3 Å². The van der Waals surface area contributed by atoms with Crippen molar-refractivity contribution in [3.63, 3.8) is 0 Å². The summed E-state index contributed by atoms with van der Waals surface area (Å²) in [5.74, 6) is -0.916. The highest BCUT2D eigenvalue weighted by Crippen LogP contribution is 2.38. The first-order chi connectivity index (χ1) is 7.90. The number of hydrogen-bond donors (Lipinski definition) is 2. The van der Waals surface area contributed by atoms with E-state index in [0.717, 1.165) is 9.57 Å². The van der Waals surface area contributed by atoms with Gasteiger partial charge in [-0.3, -0.25) is 20.4 Å². The molecule has 0 atom stereocenters. The predicted octanol–water partition coefficient (Wildman–Crippen LogP) is 2.01. The first kappa shape index (κ1) is 14.5. The van der Waals surface area contributed by atoms with E-state index in [0.29, 0.717) is 5.69 Å². The Balaban J connectivity index is 3.22. The lowest BCUT2D eigenvalue weighted by Crippen LogP contribution is -2.35. The van der Waals surface area contributed by atoms with E-state index < -0.39 is 13.5 Å². The fraction of sp³-hybridized carbons (Fsp3) is 0.222. The zero-order valence-corrected chi connectivity index (χ0v) is 11.6. The maximum atomic E-state index is 11.7. The topological polar surface area (TPSA) is 89.4 Å². The average molecular weight is 294 g/mol. The number of benzene rings is 1. The maximum absolute atomic E-state index is 11.7. The Morgan fingerprint density at radius 1 is 1.53 bits per heavy atom. The Morgan fingerprint density at radius 2 is 2.18 bits per heavy atom. The summed E-state index contributed by atoms with van der Waals surface area (Å²) in [6.07, 6.45) is 1.89. The number of halogens is 1. The molecule has 0 saturated carbocycles. The summed E-state index contributed by atoms with van der Waals surface area (Å²) in [6.45, 7) is 0. The molecule has 5 nitrogen and oxygen atoms in total. The second-order valence-electron chi connectivity index (χ2n) is 3.21. The monoisotopic (exact) mass is 293 g/mol. The molecule has 1 rings (SSSR count). The second kappa shape index (κ2) is 5.89. The molecule has 0 heterocycles. The van der Waals surface area contributed by atoms with Gasteiger partial charge >= 0.3 is 7.59 Å². The third kappa shape index (κ3) is 3.72. The van der Waals surface area contributed by atoms with Gasteiger partial charge in [0.15, 0.2) is 0 Å². The summed E-state index contributed by atoms with van der Waals surface area (Å²) in [5, 5.41) is 0. The predicted molar refractivity (Wildman–Crippen MR) is 72.4 cm³/mol. The van der Waals surface area contributed by atoms with Crippen LogP contribution in [0.4, 0.5) is 5.69 Å². The van der Waals surface area contributed by atoms with Crippen molar-refractivity contribution in [1.29, 1.82) is 0 Å². The minimum Gasteiger partial charge on any atom is -0.273 e. The Hall–Kier alpha value is -0.520. The molecule has 0 unspecified atom stereocenters. The number of carbonyl (C=O) groups excluding carboxylic acids is 1. The summed E-state index contributed by atoms with van der Waals surface area (Å²) in [6, 6.07) is 6.87. The largest absolute Gasteiger partial charge is 0.307 e. The van der Waals surface area contributed by atoms with Crippen LogP contribution in [0.2, 0.25) is 0 Å². The number of amides is 1. The first-order valence-corrected chi connectivity index (χ1v) is 8.16. The summed E-state index contributed by atoms with van der Waals surface area (Å²) < 4.78 is 12.6. The lowest BCUT2D eigenvalue weighted by atomic mass is 10.3. The van der Waals surface area contributed by atoms with Gasteiger partial charge < -0.3 is 0 Å². The molecule has 0 fully saturated rings. The lowest BCUT2D eigenvalue weighted by Gasteiger charge is -2.25. The number of alkyl halides is 1. The molecule has 0 radical (unpaired) electrons. The van der Waals surface area contributed by atoms with Gasteiger partial charge in [0, 0.05) is 4.90 Å². The van der Waals surface area contributed by atoms with E-state index >= 15 is 0 Å². The van der Waals surface area contributed by atoms with Crippen LogP contribution < -0.4 is 15.7 Å². The minimum atomic E-state index is -3.71. The van der Waals surface area contributed by atoms with Gasteiger partial charge in [-0.05, 0) is 24.5 Å². The van der Waals surface area contributed by atoms with E-state index in [2.05, 4.69) is 0 Å². The highest BCUT2D eigenvalue weighted by atomic mass is 35.5. The zero-order valence-electron chi connectivity index (χ0n) is 9.17. The smallest absolute Gasteiger partial charge is 0.273 e. The van der Waals surface area contributed by atoms with Crippen LogP contribution in [0.25, 0.3) is 0 Å². The van der Waals surface area contributed by atoms with Gasteiger partial charge in [0.1, 0.15) is 5.88 Å². The maximum Gasteiger partial charge on any atom is 0.307 e. The van der Waals surface area contributed by atoms with Crippen LogP contribution in [0.15, 0.2) is 29.2 Å². The molecule has 0 aliphatic rings. The van der Waals surface area contributed by atoms with Crippen LogP contribution in [0, 0.1) is 0 Å². The molecule has 1 amide bonds. The molecule has 8 heteroatoms. The fourth-order valence-corrected chi connectivity index (χ4v) is 2.86. The van der Waals surface area contributed by atoms with Crippen molar-refractivity contribution in [3.05, 3.63) is 24.3 Å². The first-order valence-electron chi connectivity index (χ1n) is 4.60. The van der Waals surface area contributed by atoms with Crippen molar-refractivity contribution in [3.8, 4) is 0 Å². The van der Waals surface area contributed by atoms with Gasteiger partial charge in [-0.2, -0.15) is 0 Å². The molecule has 4 N–H and O–H groups in total. The third-order valence-electron chi connectivity index (χ3n) is 1.96. The second-order valence-corrected chi connectivity index (χ2v) is 6.11. The number of nitrogens with two attached hydrogens (primary N) is 2. The average Bonchev–Trinajstić information content (AvgIpc) is 2.27. The van der Waals surface area contributed by atoms with Crippen molar-refractivity contribution >= 4 is 42.6 Å². The van der Waals surface area contributed by atoms with Crippen molar-refractivity contribution in [2.24, 2.45) is 11.0 Å². The lowest BCUT2D eigenvalue weighted by molar-refractivity contribution is -0.115. The molecule has 1 aromatic rings. The van der Waals surface area contributed by atoms with Crippen molar-refractivity contribution in [2.45, 2.75) is 4.90 Å². The minimum absolute atomic E-state index is 0.331. The Bertz CT molecular complexity index is 465. The molecule has 0 saturated heterocycles. The van der Waals surface area contributed by atoms with Gasteiger partial charge in [0.2, 0.25) is 5.91 Å². The fourth-order valence-electron chi connectivity index (χ4n) is 1.30. The normalized spacial score (nSPS) is 11.3. The highest BCUT2D eigenvalue weighted by molar-refractivity contribution is 7.98. The van der Waals surface area contributed by atoms with Crippen molar-refractivity contribution in [1.82, 2.24) is 0 Å². The number of rotatable bonds is 4. The van der Waals surface area contributed by atoms with Crippen LogP contribution in [-0.2, 0) is 9.36 Å². The molecule has 0 spiro atoms. The van der Waals surface area contributed by atoms with Gasteiger partial charge in [0.25, 0.3) is 0 Å². The number of thioether (sulfide) groups is 1. The number of hydrogen-bond acceptors (Lipinski definition) is 3. The molecule has 0 bridgehead atoms. The van der Waals surface area contributed by atoms with Gasteiger partial charge in [0.05, 0.1) is 5.69 Å². The van der Waals surface area contributed by atoms with Gasteiger partial charge in [-0.1, -0.05) is 6.07 Å². The number of anilines is 1. The van der Waals surface area contributed by atoms with Crippen molar-refractivity contribution < 1.29 is 9.36 Å². The van der Waals surface area contributed by atoms with Crippen LogP contribution in [-0.4, -0.2) is 18.0 Å². The Kier molecular flexibility index (Phi) is 5.04. The van der Waals surface area contributed by atoms with E-state index in [1.165, 1.54) is 11.8 Å². The summed E-state index contributed by atoms with van der Waals surface area (Å²) in [7, 11) is -3.71. The van der Waals surface area contributed by atoms with E-state index in [4.69, 9.17) is 22.6 Å². The third-order valence-corrected chi connectivity index (χ3v) is 3.99. The molecule has 1 aromatic carbocycles. The molecule has 17 heavy (non-hydrogen) atoms. The highest BCUT2D eigenvalue weighted by Gasteiger charge is 2.28. The summed E-state index contributed by atoms with van der Waals surface area (Å²) >= 11 is 6.94. The molecular weight excluding hydrogens is 281 g/mol. The van der Waals surface area contributed by atoms with E-state index in [1.54, 1.807) is 18.2 Å². The zero-order chi connectivity index (χ0) is 13.1. The Labute approximate surface area is 109 Å². The molecule has 0 aromatic heterocycles. The SMILES string of the molecule is CSc1cccc(N(C(=O)CCl)P(N)(N)=O)c1. The molecule has 94 valence electrons. The standard InChI is InChI=1S/C9H13ClN3O2PS/c1-17-8-4-2-3-7(5-8)13(9(14)6-10)16(11,12)15/h2-5H,6H2,1H3,(H4,11,12,15). The summed E-state index contributed by atoms with van der Waals surface area (Å²) in [4.78, 5) is 12.5. The quantitative estimate of drug-likeness (QED) is 0.503. The Morgan fingerprint density at radius 3 is 2.65 bits per heavy atom. The molecular formula is C9H13ClN3O2PS. The number of carbonyl (C=O) groups is 1. The van der Waals surface area contributed by atoms with E-state index in [-0.39, 0.29) is 5.88 Å².